The molecule has 3 aromatic rings. The number of nitrogens with one attached hydrogen (secondary N) is 1. The molecular formula is C19H24N6O. The number of hydrogen-bond acceptors (Lipinski definition) is 4. The molecule has 26 heavy (non-hydrogen) atoms. The van der Waals surface area contributed by atoms with Crippen LogP contribution >= 0.6 is 0 Å². The summed E-state index contributed by atoms with van der Waals surface area (Å²) in [6.07, 6.45) is 9.02. The Kier molecular flexibility index (Phi) is 5.46. The monoisotopic (exact) mass is 352 g/mol. The summed E-state index contributed by atoms with van der Waals surface area (Å²) in [6.45, 7) is 4.79. The third-order valence-electron chi connectivity index (χ3n) is 4.38. The molecule has 0 fully saturated rings. The van der Waals surface area contributed by atoms with Gasteiger partial charge in [-0.05, 0) is 30.5 Å². The van der Waals surface area contributed by atoms with Crippen molar-refractivity contribution in [2.75, 3.05) is 5.32 Å². The molecule has 0 aliphatic heterocycles. The molecule has 0 aliphatic rings. The van der Waals surface area contributed by atoms with E-state index >= 15 is 0 Å². The fourth-order valence-electron chi connectivity index (χ4n) is 3.15. The summed E-state index contributed by atoms with van der Waals surface area (Å²) in [4.78, 5) is 16.5. The molecule has 136 valence electrons. The van der Waals surface area contributed by atoms with E-state index in [0.717, 1.165) is 35.4 Å². The molecule has 0 atom stereocenters. The zero-order chi connectivity index (χ0) is 18.5. The molecule has 0 aliphatic carbocycles. The van der Waals surface area contributed by atoms with E-state index in [1.54, 1.807) is 23.3 Å². The van der Waals surface area contributed by atoms with Crippen LogP contribution in [0.3, 0.4) is 0 Å². The number of carbonyl (C=O) groups excluding carboxylic acids is 1. The molecule has 7 heteroatoms. The quantitative estimate of drug-likeness (QED) is 0.708. The Morgan fingerprint density at radius 3 is 2.65 bits per heavy atom. The van der Waals surface area contributed by atoms with Gasteiger partial charge in [0.05, 0.1) is 30.5 Å². The average molecular weight is 352 g/mol. The van der Waals surface area contributed by atoms with Crippen LogP contribution in [0.4, 0.5) is 5.69 Å². The first-order chi connectivity index (χ1) is 12.6. The molecule has 0 aromatic carbocycles. The topological polar surface area (TPSA) is 77.6 Å². The largest absolute Gasteiger partial charge is 0.323 e. The van der Waals surface area contributed by atoms with Crippen LogP contribution in [-0.4, -0.2) is 30.5 Å². The van der Waals surface area contributed by atoms with E-state index in [1.165, 1.54) is 0 Å². The molecule has 3 heterocycles. The number of amides is 1. The molecule has 3 aromatic heterocycles. The number of carbonyl (C=O) groups is 1. The van der Waals surface area contributed by atoms with Gasteiger partial charge < -0.3 is 5.32 Å². The highest BCUT2D eigenvalue weighted by Crippen LogP contribution is 2.17. The Morgan fingerprint density at radius 2 is 1.96 bits per heavy atom. The van der Waals surface area contributed by atoms with Gasteiger partial charge in [0.1, 0.15) is 0 Å². The third-order valence-corrected chi connectivity index (χ3v) is 4.38. The fraction of sp³-hybridized carbons (Fsp3) is 0.368. The molecule has 0 unspecified atom stereocenters. The van der Waals surface area contributed by atoms with Crippen LogP contribution in [0.2, 0.25) is 0 Å². The lowest BCUT2D eigenvalue weighted by Gasteiger charge is -2.06. The lowest BCUT2D eigenvalue weighted by molar-refractivity contribution is -0.115. The molecule has 0 bridgehead atoms. The van der Waals surface area contributed by atoms with Gasteiger partial charge in [0.15, 0.2) is 0 Å². The minimum Gasteiger partial charge on any atom is -0.323 e. The van der Waals surface area contributed by atoms with Gasteiger partial charge in [0.25, 0.3) is 0 Å². The maximum atomic E-state index is 12.5. The van der Waals surface area contributed by atoms with Crippen molar-refractivity contribution in [3.8, 4) is 0 Å². The second-order valence-corrected chi connectivity index (χ2v) is 6.21. The first-order valence-electron chi connectivity index (χ1n) is 8.85. The molecular weight excluding hydrogens is 328 g/mol. The molecule has 0 saturated heterocycles. The van der Waals surface area contributed by atoms with E-state index < -0.39 is 0 Å². The summed E-state index contributed by atoms with van der Waals surface area (Å²) < 4.78 is 3.68. The first kappa shape index (κ1) is 17.8. The number of aromatic nitrogens is 5. The van der Waals surface area contributed by atoms with Gasteiger partial charge in [-0.25, -0.2) is 0 Å². The first-order valence-corrected chi connectivity index (χ1v) is 8.85. The Labute approximate surface area is 153 Å². The van der Waals surface area contributed by atoms with E-state index in [0.29, 0.717) is 18.7 Å². The van der Waals surface area contributed by atoms with Crippen molar-refractivity contribution in [1.29, 1.82) is 0 Å². The number of pyridine rings is 1. The van der Waals surface area contributed by atoms with Crippen LogP contribution in [0.5, 0.6) is 0 Å². The zero-order valence-electron chi connectivity index (χ0n) is 15.4. The molecule has 7 nitrogen and oxygen atoms in total. The zero-order valence-corrected chi connectivity index (χ0v) is 15.4. The Hall–Kier alpha value is -2.96. The maximum absolute atomic E-state index is 12.5. The van der Waals surface area contributed by atoms with Gasteiger partial charge in [0.2, 0.25) is 5.91 Å². The Morgan fingerprint density at radius 1 is 1.19 bits per heavy atom. The SMILES string of the molecule is CCc1nn(C)c(CC)c1CC(=O)Nc1cnn(Cc2ccncc2)c1. The summed E-state index contributed by atoms with van der Waals surface area (Å²) in [6, 6.07) is 3.89. The summed E-state index contributed by atoms with van der Waals surface area (Å²) in [5, 5.41) is 11.8. The van der Waals surface area contributed by atoms with Crippen LogP contribution < -0.4 is 5.32 Å². The standard InChI is InChI=1S/C19H24N6O/c1-4-17-16(18(5-2)24(3)23-17)10-19(26)22-15-11-21-25(13-15)12-14-6-8-20-9-7-14/h6-9,11,13H,4-5,10,12H2,1-3H3,(H,22,26). The Balaban J connectivity index is 1.66. The number of nitrogens with zero attached hydrogens (tertiary/aromatic N) is 5. The summed E-state index contributed by atoms with van der Waals surface area (Å²) in [5.41, 5.74) is 4.96. The predicted molar refractivity (Wildman–Crippen MR) is 99.9 cm³/mol. The maximum Gasteiger partial charge on any atom is 0.229 e. The van der Waals surface area contributed by atoms with Crippen molar-refractivity contribution in [2.45, 2.75) is 39.7 Å². The van der Waals surface area contributed by atoms with Crippen molar-refractivity contribution < 1.29 is 4.79 Å². The highest BCUT2D eigenvalue weighted by Gasteiger charge is 2.17. The average Bonchev–Trinajstić information content (AvgIpc) is 3.19. The third kappa shape index (κ3) is 3.99. The number of aryl methyl sites for hydroxylation is 2. The van der Waals surface area contributed by atoms with Gasteiger partial charge in [0, 0.05) is 36.9 Å². The van der Waals surface area contributed by atoms with Gasteiger partial charge in [-0.1, -0.05) is 13.8 Å². The number of rotatable bonds is 7. The highest BCUT2D eigenvalue weighted by molar-refractivity contribution is 5.92. The van der Waals surface area contributed by atoms with Crippen molar-refractivity contribution in [2.24, 2.45) is 7.05 Å². The van der Waals surface area contributed by atoms with E-state index in [2.05, 4.69) is 34.3 Å². The predicted octanol–water partition coefficient (Wildman–Crippen LogP) is 2.37. The van der Waals surface area contributed by atoms with Crippen molar-refractivity contribution in [1.82, 2.24) is 24.5 Å². The lowest BCUT2D eigenvalue weighted by Crippen LogP contribution is -2.15. The number of hydrogen-bond donors (Lipinski definition) is 1. The van der Waals surface area contributed by atoms with Crippen LogP contribution in [-0.2, 0) is 37.6 Å². The molecule has 0 radical (unpaired) electrons. The lowest BCUT2D eigenvalue weighted by atomic mass is 10.1. The molecule has 3 rings (SSSR count). The van der Waals surface area contributed by atoms with E-state index in [1.807, 2.05) is 30.1 Å². The fourth-order valence-corrected chi connectivity index (χ4v) is 3.15. The van der Waals surface area contributed by atoms with E-state index in [-0.39, 0.29) is 5.91 Å². The van der Waals surface area contributed by atoms with Crippen molar-refractivity contribution >= 4 is 11.6 Å². The second kappa shape index (κ2) is 7.95. The summed E-state index contributed by atoms with van der Waals surface area (Å²) in [5.74, 6) is -0.0501. The normalized spacial score (nSPS) is 10.9. The molecule has 1 amide bonds. The van der Waals surface area contributed by atoms with Crippen molar-refractivity contribution in [3.63, 3.8) is 0 Å². The van der Waals surface area contributed by atoms with Gasteiger partial charge in [-0.15, -0.1) is 0 Å². The van der Waals surface area contributed by atoms with E-state index in [9.17, 15) is 4.79 Å². The molecule has 0 saturated carbocycles. The second-order valence-electron chi connectivity index (χ2n) is 6.21. The molecule has 0 spiro atoms. The van der Waals surface area contributed by atoms with E-state index in [4.69, 9.17) is 0 Å². The van der Waals surface area contributed by atoms with Crippen LogP contribution in [0.15, 0.2) is 36.9 Å². The Bertz CT molecular complexity index is 881. The minimum atomic E-state index is -0.0501. The molecule has 1 N–H and O–H groups in total. The van der Waals surface area contributed by atoms with Crippen molar-refractivity contribution in [3.05, 3.63) is 59.4 Å². The summed E-state index contributed by atoms with van der Waals surface area (Å²) in [7, 11) is 1.93. The number of anilines is 1. The van der Waals surface area contributed by atoms with Crippen LogP contribution in [0, 0.1) is 0 Å². The summed E-state index contributed by atoms with van der Waals surface area (Å²) >= 11 is 0. The van der Waals surface area contributed by atoms with Gasteiger partial charge in [-0.3, -0.25) is 19.1 Å². The van der Waals surface area contributed by atoms with Gasteiger partial charge >= 0.3 is 0 Å². The van der Waals surface area contributed by atoms with Crippen LogP contribution in [0.1, 0.15) is 36.4 Å². The van der Waals surface area contributed by atoms with Crippen LogP contribution in [0.25, 0.3) is 0 Å². The van der Waals surface area contributed by atoms with Gasteiger partial charge in [-0.2, -0.15) is 10.2 Å². The minimum absolute atomic E-state index is 0.0501. The smallest absolute Gasteiger partial charge is 0.229 e. The highest BCUT2D eigenvalue weighted by atomic mass is 16.1.